The van der Waals surface area contributed by atoms with Crippen LogP contribution in [0.4, 0.5) is 0 Å². The Labute approximate surface area is 79.5 Å². The summed E-state index contributed by atoms with van der Waals surface area (Å²) in [7, 11) is 0. The molecule has 2 N–H and O–H groups in total. The maximum atomic E-state index is 5.45. The fourth-order valence-electron chi connectivity index (χ4n) is 1.04. The zero-order valence-electron chi connectivity index (χ0n) is 7.15. The first kappa shape index (κ1) is 8.52. The molecule has 2 aromatic heterocycles. The molecule has 2 heterocycles. The summed E-state index contributed by atoms with van der Waals surface area (Å²) < 4.78 is 5.37. The Hall–Kier alpha value is -1.07. The molecule has 0 unspecified atom stereocenters. The highest BCUT2D eigenvalue weighted by atomic mass is 32.2. The summed E-state index contributed by atoms with van der Waals surface area (Å²) in [5.74, 6) is 0. The van der Waals surface area contributed by atoms with Crippen molar-refractivity contribution in [3.63, 3.8) is 0 Å². The van der Waals surface area contributed by atoms with Gasteiger partial charge in [-0.3, -0.25) is 0 Å². The molecule has 0 fully saturated rings. The monoisotopic (exact) mass is 195 g/mol. The van der Waals surface area contributed by atoms with Gasteiger partial charge in [0, 0.05) is 6.54 Å². The number of pyridine rings is 1. The van der Waals surface area contributed by atoms with Crippen LogP contribution in [0, 0.1) is 0 Å². The number of nitrogens with zero attached hydrogens (tertiary/aromatic N) is 2. The standard InChI is InChI=1S/C8H9N3OS/c1-13-8-11-7-6(12-8)3-2-5(4-9)10-7/h2-3H,4,9H2,1H3. The van der Waals surface area contributed by atoms with Crippen molar-refractivity contribution in [1.82, 2.24) is 9.97 Å². The first-order valence-electron chi connectivity index (χ1n) is 3.84. The van der Waals surface area contributed by atoms with Gasteiger partial charge in [0.15, 0.2) is 11.2 Å². The predicted molar refractivity (Wildman–Crippen MR) is 51.5 cm³/mol. The minimum absolute atomic E-state index is 0.428. The average Bonchev–Trinajstić information content (AvgIpc) is 2.58. The van der Waals surface area contributed by atoms with Gasteiger partial charge in [0.05, 0.1) is 5.69 Å². The van der Waals surface area contributed by atoms with Gasteiger partial charge in [-0.15, -0.1) is 0 Å². The number of thioether (sulfide) groups is 1. The molecule has 0 saturated carbocycles. The molecule has 0 saturated heterocycles. The fraction of sp³-hybridized carbons (Fsp3) is 0.250. The lowest BCUT2D eigenvalue weighted by molar-refractivity contribution is 0.490. The molecule has 0 aliphatic heterocycles. The van der Waals surface area contributed by atoms with Gasteiger partial charge < -0.3 is 10.2 Å². The third-order valence-corrected chi connectivity index (χ3v) is 2.20. The predicted octanol–water partition coefficient (Wildman–Crippen LogP) is 1.40. The van der Waals surface area contributed by atoms with E-state index in [2.05, 4.69) is 9.97 Å². The van der Waals surface area contributed by atoms with E-state index >= 15 is 0 Å². The van der Waals surface area contributed by atoms with Crippen LogP contribution in [0.3, 0.4) is 0 Å². The highest BCUT2D eigenvalue weighted by Gasteiger charge is 2.05. The molecule has 2 aromatic rings. The van der Waals surface area contributed by atoms with Crippen LogP contribution in [0.1, 0.15) is 5.69 Å². The van der Waals surface area contributed by atoms with Crippen molar-refractivity contribution in [1.29, 1.82) is 0 Å². The summed E-state index contributed by atoms with van der Waals surface area (Å²) in [6, 6.07) is 3.69. The van der Waals surface area contributed by atoms with Crippen molar-refractivity contribution in [3.05, 3.63) is 17.8 Å². The van der Waals surface area contributed by atoms with Crippen LogP contribution in [0.15, 0.2) is 21.8 Å². The summed E-state index contributed by atoms with van der Waals surface area (Å²) in [6.45, 7) is 0.428. The lowest BCUT2D eigenvalue weighted by atomic mass is 10.3. The number of aromatic nitrogens is 2. The van der Waals surface area contributed by atoms with E-state index in [0.717, 1.165) is 5.69 Å². The molecule has 4 nitrogen and oxygen atoms in total. The number of hydrogen-bond acceptors (Lipinski definition) is 5. The van der Waals surface area contributed by atoms with Crippen molar-refractivity contribution < 1.29 is 4.42 Å². The zero-order chi connectivity index (χ0) is 9.26. The number of rotatable bonds is 2. The Morgan fingerprint density at radius 2 is 2.31 bits per heavy atom. The molecule has 0 aliphatic carbocycles. The second kappa shape index (κ2) is 3.35. The molecule has 13 heavy (non-hydrogen) atoms. The van der Waals surface area contributed by atoms with Gasteiger partial charge in [-0.05, 0) is 18.4 Å². The van der Waals surface area contributed by atoms with Crippen molar-refractivity contribution in [2.75, 3.05) is 6.26 Å². The third kappa shape index (κ3) is 1.52. The Balaban J connectivity index is 2.57. The fourth-order valence-corrected chi connectivity index (χ4v) is 1.39. The van der Waals surface area contributed by atoms with Gasteiger partial charge in [-0.1, -0.05) is 11.8 Å². The minimum atomic E-state index is 0.428. The summed E-state index contributed by atoms with van der Waals surface area (Å²) >= 11 is 1.46. The van der Waals surface area contributed by atoms with Gasteiger partial charge in [-0.25, -0.2) is 4.98 Å². The molecular formula is C8H9N3OS. The number of oxazole rings is 1. The van der Waals surface area contributed by atoms with Gasteiger partial charge in [0.2, 0.25) is 0 Å². The molecule has 0 aliphatic rings. The maximum Gasteiger partial charge on any atom is 0.258 e. The lowest BCUT2D eigenvalue weighted by Gasteiger charge is -1.91. The van der Waals surface area contributed by atoms with Crippen molar-refractivity contribution in [2.45, 2.75) is 11.8 Å². The molecule has 0 aromatic carbocycles. The van der Waals surface area contributed by atoms with Crippen LogP contribution in [0.5, 0.6) is 0 Å². The summed E-state index contributed by atoms with van der Waals surface area (Å²) in [5, 5.41) is 0.636. The first-order valence-corrected chi connectivity index (χ1v) is 5.06. The number of fused-ring (bicyclic) bond motifs is 1. The SMILES string of the molecule is CSc1nc2nc(CN)ccc2o1. The molecule has 0 atom stereocenters. The first-order chi connectivity index (χ1) is 6.33. The molecule has 0 spiro atoms. The number of nitrogens with two attached hydrogens (primary N) is 1. The van der Waals surface area contributed by atoms with Gasteiger partial charge >= 0.3 is 0 Å². The smallest absolute Gasteiger partial charge is 0.258 e. The Morgan fingerprint density at radius 3 is 3.00 bits per heavy atom. The Bertz CT molecular complexity index is 424. The van der Waals surface area contributed by atoms with Crippen molar-refractivity contribution >= 4 is 23.0 Å². The van der Waals surface area contributed by atoms with Gasteiger partial charge in [0.25, 0.3) is 5.22 Å². The van der Waals surface area contributed by atoms with E-state index in [9.17, 15) is 0 Å². The van der Waals surface area contributed by atoms with Crippen LogP contribution in [0.25, 0.3) is 11.2 Å². The highest BCUT2D eigenvalue weighted by Crippen LogP contribution is 2.19. The van der Waals surface area contributed by atoms with Crippen molar-refractivity contribution in [3.8, 4) is 0 Å². The zero-order valence-corrected chi connectivity index (χ0v) is 7.97. The maximum absolute atomic E-state index is 5.45. The topological polar surface area (TPSA) is 64.9 Å². The lowest BCUT2D eigenvalue weighted by Crippen LogP contribution is -1.98. The van der Waals surface area contributed by atoms with E-state index in [0.29, 0.717) is 23.0 Å². The largest absolute Gasteiger partial charge is 0.430 e. The van der Waals surface area contributed by atoms with Crippen LogP contribution in [-0.4, -0.2) is 16.2 Å². The number of hydrogen-bond donors (Lipinski definition) is 1. The van der Waals surface area contributed by atoms with Crippen LogP contribution in [0.2, 0.25) is 0 Å². The molecule has 2 rings (SSSR count). The normalized spacial score (nSPS) is 10.9. The van der Waals surface area contributed by atoms with E-state index in [1.807, 2.05) is 18.4 Å². The molecular weight excluding hydrogens is 186 g/mol. The quantitative estimate of drug-likeness (QED) is 0.734. The third-order valence-electron chi connectivity index (χ3n) is 1.68. The van der Waals surface area contributed by atoms with E-state index < -0.39 is 0 Å². The van der Waals surface area contributed by atoms with E-state index in [1.54, 1.807) is 0 Å². The highest BCUT2D eigenvalue weighted by molar-refractivity contribution is 7.98. The van der Waals surface area contributed by atoms with Crippen LogP contribution >= 0.6 is 11.8 Å². The molecule has 0 bridgehead atoms. The van der Waals surface area contributed by atoms with E-state index in [4.69, 9.17) is 10.2 Å². The Kier molecular flexibility index (Phi) is 2.20. The molecule has 0 amide bonds. The average molecular weight is 195 g/mol. The molecule has 5 heteroatoms. The van der Waals surface area contributed by atoms with Gasteiger partial charge in [0.1, 0.15) is 0 Å². The molecule has 68 valence electrons. The summed E-state index contributed by atoms with van der Waals surface area (Å²) in [4.78, 5) is 8.39. The Morgan fingerprint density at radius 1 is 1.46 bits per heavy atom. The minimum Gasteiger partial charge on any atom is -0.430 e. The van der Waals surface area contributed by atoms with Crippen LogP contribution < -0.4 is 5.73 Å². The van der Waals surface area contributed by atoms with Gasteiger partial charge in [-0.2, -0.15) is 4.98 Å². The second-order valence-electron chi connectivity index (χ2n) is 2.51. The van der Waals surface area contributed by atoms with E-state index in [-0.39, 0.29) is 0 Å². The van der Waals surface area contributed by atoms with Crippen molar-refractivity contribution in [2.24, 2.45) is 5.73 Å². The van der Waals surface area contributed by atoms with Crippen LogP contribution in [-0.2, 0) is 6.54 Å². The summed E-state index contributed by atoms with van der Waals surface area (Å²) in [5.41, 5.74) is 7.62. The second-order valence-corrected chi connectivity index (χ2v) is 3.27. The molecule has 0 radical (unpaired) electrons. The van der Waals surface area contributed by atoms with E-state index in [1.165, 1.54) is 11.8 Å². The summed E-state index contributed by atoms with van der Waals surface area (Å²) in [6.07, 6.45) is 1.91.